The van der Waals surface area contributed by atoms with E-state index in [1.165, 1.54) is 50.5 Å². The second-order valence-corrected chi connectivity index (χ2v) is 9.05. The first kappa shape index (κ1) is 28.3. The van der Waals surface area contributed by atoms with Gasteiger partial charge in [-0.05, 0) is 98.9 Å². The van der Waals surface area contributed by atoms with Crippen molar-refractivity contribution in [2.45, 2.75) is 34.6 Å². The number of rotatable bonds is 9. The summed E-state index contributed by atoms with van der Waals surface area (Å²) in [5.41, 5.74) is 11.3. The van der Waals surface area contributed by atoms with Crippen LogP contribution in [0.2, 0.25) is 0 Å². The van der Waals surface area contributed by atoms with Crippen molar-refractivity contribution in [2.24, 2.45) is 0 Å². The highest BCUT2D eigenvalue weighted by Gasteiger charge is 2.22. The maximum absolute atomic E-state index is 3.55. The zero-order valence-electron chi connectivity index (χ0n) is 22.9. The molecule has 0 aliphatic heterocycles. The number of nitrogens with zero attached hydrogens (tertiary/aromatic N) is 2. The lowest BCUT2D eigenvalue weighted by atomic mass is 9.83. The van der Waals surface area contributed by atoms with Gasteiger partial charge in [-0.3, -0.25) is 0 Å². The van der Waals surface area contributed by atoms with Gasteiger partial charge in [0, 0.05) is 43.6 Å². The highest BCUT2D eigenvalue weighted by Crippen LogP contribution is 2.38. The van der Waals surface area contributed by atoms with Crippen molar-refractivity contribution in [2.75, 3.05) is 42.5 Å². The fraction of sp³-hybridized carbons (Fsp3) is 0.303. The Morgan fingerprint density at radius 3 is 1.86 bits per heavy atom. The maximum atomic E-state index is 3.55. The number of hydrogen-bond donors (Lipinski definition) is 1. The first-order chi connectivity index (χ1) is 17.6. The Morgan fingerprint density at radius 1 is 0.622 bits per heavy atom. The quantitative estimate of drug-likeness (QED) is 0.475. The van der Waals surface area contributed by atoms with E-state index in [-0.39, 0.29) is 12.4 Å². The molecule has 0 heterocycles. The highest BCUT2D eigenvalue weighted by atomic mass is 35.5. The molecule has 3 nitrogen and oxygen atoms in total. The minimum atomic E-state index is 0. The predicted molar refractivity (Wildman–Crippen MR) is 157 cm³/mol. The molecule has 37 heavy (non-hydrogen) atoms. The summed E-state index contributed by atoms with van der Waals surface area (Å²) in [4.78, 5) is 8.35. The summed E-state index contributed by atoms with van der Waals surface area (Å²) in [6, 6.07) is 26.9. The fourth-order valence-corrected chi connectivity index (χ4v) is 5.21. The van der Waals surface area contributed by atoms with E-state index >= 15 is 0 Å². The van der Waals surface area contributed by atoms with E-state index in [0.717, 1.165) is 32.7 Å². The average Bonchev–Trinajstić information content (AvgIpc) is 2.92. The monoisotopic (exact) mass is 513 g/mol. The van der Waals surface area contributed by atoms with Crippen LogP contribution in [-0.4, -0.2) is 38.4 Å². The van der Waals surface area contributed by atoms with Gasteiger partial charge in [-0.25, -0.2) is 4.99 Å². The molecule has 0 saturated carbocycles. The summed E-state index contributed by atoms with van der Waals surface area (Å²) >= 11 is 0. The smallest absolute Gasteiger partial charge is 0.206 e. The molecule has 0 amide bonds. The first-order valence-electron chi connectivity index (χ1n) is 13.5. The molecular formula is C33H40ClN3. The molecule has 3 aromatic rings. The third-order valence-corrected chi connectivity index (χ3v) is 7.11. The van der Waals surface area contributed by atoms with E-state index in [1.807, 2.05) is 0 Å². The molecule has 0 saturated heterocycles. The summed E-state index contributed by atoms with van der Waals surface area (Å²) in [6.07, 6.45) is 4.53. The third kappa shape index (κ3) is 5.99. The van der Waals surface area contributed by atoms with Crippen molar-refractivity contribution in [1.82, 2.24) is 0 Å². The Kier molecular flexibility index (Phi) is 10.2. The average molecular weight is 514 g/mol. The Labute approximate surface area is 229 Å². The largest absolute Gasteiger partial charge is 1.00 e. The van der Waals surface area contributed by atoms with Crippen molar-refractivity contribution < 1.29 is 17.4 Å². The number of anilines is 2. The molecule has 4 rings (SSSR count). The minimum absolute atomic E-state index is 0. The molecule has 3 aromatic carbocycles. The molecule has 0 unspecified atom stereocenters. The van der Waals surface area contributed by atoms with Crippen LogP contribution in [0, 0.1) is 0 Å². The number of allylic oxidation sites excluding steroid dienone is 3. The van der Waals surface area contributed by atoms with Crippen LogP contribution in [0.4, 0.5) is 11.4 Å². The topological polar surface area (TPSA) is 20.5 Å². The van der Waals surface area contributed by atoms with E-state index < -0.39 is 0 Å². The number of halogens is 1. The summed E-state index contributed by atoms with van der Waals surface area (Å²) in [7, 11) is 0. The lowest BCUT2D eigenvalue weighted by Crippen LogP contribution is -3.00. The molecule has 1 N–H and O–H groups in total. The van der Waals surface area contributed by atoms with Crippen molar-refractivity contribution in [1.29, 1.82) is 0 Å². The third-order valence-electron chi connectivity index (χ3n) is 7.11. The Morgan fingerprint density at radius 2 is 1.24 bits per heavy atom. The van der Waals surface area contributed by atoms with Crippen molar-refractivity contribution >= 4 is 28.2 Å². The number of benzene rings is 3. The van der Waals surface area contributed by atoms with Crippen LogP contribution in [-0.2, 0) is 0 Å². The van der Waals surface area contributed by atoms with Crippen molar-refractivity contribution in [3.8, 4) is 0 Å². The van der Waals surface area contributed by atoms with Crippen molar-refractivity contribution in [3.63, 3.8) is 0 Å². The molecule has 4 heteroatoms. The summed E-state index contributed by atoms with van der Waals surface area (Å²) in [5.74, 6) is 0. The second-order valence-electron chi connectivity index (χ2n) is 9.05. The Balaban J connectivity index is 0.00000380. The van der Waals surface area contributed by atoms with Crippen LogP contribution in [0.1, 0.15) is 56.9 Å². The van der Waals surface area contributed by atoms with Crippen LogP contribution < -0.4 is 27.2 Å². The van der Waals surface area contributed by atoms with E-state index in [2.05, 4.69) is 134 Å². The van der Waals surface area contributed by atoms with Gasteiger partial charge < -0.3 is 22.2 Å². The molecule has 0 bridgehead atoms. The van der Waals surface area contributed by atoms with Crippen LogP contribution in [0.3, 0.4) is 0 Å². The van der Waals surface area contributed by atoms with Gasteiger partial charge in [0.05, 0.1) is 5.56 Å². The van der Waals surface area contributed by atoms with Crippen LogP contribution in [0.25, 0.3) is 11.1 Å². The van der Waals surface area contributed by atoms with Gasteiger partial charge in [0.2, 0.25) is 5.71 Å². The minimum Gasteiger partial charge on any atom is -1.00 e. The highest BCUT2D eigenvalue weighted by molar-refractivity contribution is 6.17. The molecule has 1 aliphatic rings. The molecule has 0 fully saturated rings. The van der Waals surface area contributed by atoms with Gasteiger partial charge in [-0.2, -0.15) is 0 Å². The van der Waals surface area contributed by atoms with Gasteiger partial charge in [-0.15, -0.1) is 0 Å². The lowest BCUT2D eigenvalue weighted by Gasteiger charge is -2.24. The van der Waals surface area contributed by atoms with Gasteiger partial charge in [-0.1, -0.05) is 42.5 Å². The molecule has 1 aliphatic carbocycles. The molecular weight excluding hydrogens is 474 g/mol. The molecule has 0 aromatic heterocycles. The Hall–Kier alpha value is -3.30. The fourth-order valence-electron chi connectivity index (χ4n) is 5.21. The summed E-state index contributed by atoms with van der Waals surface area (Å²) in [6.45, 7) is 15.9. The van der Waals surface area contributed by atoms with E-state index in [0.29, 0.717) is 0 Å². The van der Waals surface area contributed by atoms with Gasteiger partial charge in [0.25, 0.3) is 0 Å². The van der Waals surface area contributed by atoms with E-state index in [9.17, 15) is 0 Å². The van der Waals surface area contributed by atoms with Crippen LogP contribution >= 0.6 is 0 Å². The van der Waals surface area contributed by atoms with Gasteiger partial charge in [0.1, 0.15) is 6.54 Å². The maximum Gasteiger partial charge on any atom is 0.206 e. The second kappa shape index (κ2) is 13.3. The molecule has 194 valence electrons. The molecule has 0 atom stereocenters. The van der Waals surface area contributed by atoms with Crippen LogP contribution in [0.15, 0.2) is 84.9 Å². The van der Waals surface area contributed by atoms with Gasteiger partial charge in [0.15, 0.2) is 0 Å². The zero-order valence-corrected chi connectivity index (χ0v) is 23.6. The van der Waals surface area contributed by atoms with E-state index in [1.54, 1.807) is 0 Å². The predicted octanol–water partition coefficient (Wildman–Crippen LogP) is 2.80. The standard InChI is InChI=1S/C33H39N3.ClH/c1-6-34-32-23-22-31(29-16-11-12-17-30(29)32)33(25-18-20-27(21-19-25)35(7-2)8-3)26-14-13-15-28(24-26)36(9-4)10-5;/h11-24H,6-10H2,1-5H3;1H/b33-31-,34-32?;. The van der Waals surface area contributed by atoms with Crippen LogP contribution in [0.5, 0.6) is 0 Å². The number of hydrogen-bond acceptors (Lipinski definition) is 2. The normalized spacial score (nSPS) is 14.7. The Bertz CT molecular complexity index is 1260. The number of fused-ring (bicyclic) bond motifs is 1. The van der Waals surface area contributed by atoms with Crippen molar-refractivity contribution in [3.05, 3.63) is 107 Å². The van der Waals surface area contributed by atoms with E-state index in [4.69, 9.17) is 0 Å². The lowest BCUT2D eigenvalue weighted by molar-refractivity contribution is -0.450. The summed E-state index contributed by atoms with van der Waals surface area (Å²) in [5, 5.41) is 0. The summed E-state index contributed by atoms with van der Waals surface area (Å²) < 4.78 is 0. The number of nitrogens with one attached hydrogen (secondary N) is 1. The zero-order chi connectivity index (χ0) is 25.5. The molecule has 0 spiro atoms. The molecule has 0 radical (unpaired) electrons. The SMILES string of the molecule is CC[NH+]=C1C=C/C(=C(\c2ccc(N(CC)CC)cc2)c2cccc(N(CC)CC)c2)c2ccccc21.[Cl-]. The van der Waals surface area contributed by atoms with Gasteiger partial charge >= 0.3 is 0 Å². The first-order valence-corrected chi connectivity index (χ1v) is 13.5.